The van der Waals surface area contributed by atoms with Crippen LogP contribution in [-0.4, -0.2) is 57.1 Å². The van der Waals surface area contributed by atoms with E-state index in [2.05, 4.69) is 0 Å². The molecule has 7 nitrogen and oxygen atoms in total. The first kappa shape index (κ1) is 19.0. The van der Waals surface area contributed by atoms with Gasteiger partial charge in [-0.05, 0) is 40.7 Å². The molecule has 1 aromatic rings. The number of nitrogens with zero attached hydrogens (tertiary/aromatic N) is 3. The fourth-order valence-corrected chi connectivity index (χ4v) is 2.85. The number of aryl methyl sites for hydroxylation is 1. The summed E-state index contributed by atoms with van der Waals surface area (Å²) in [6.07, 6.45) is 1.21. The minimum Gasteiger partial charge on any atom is -0.444 e. The lowest BCUT2D eigenvalue weighted by Gasteiger charge is -2.47. The highest BCUT2D eigenvalue weighted by Gasteiger charge is 2.39. The lowest BCUT2D eigenvalue weighted by molar-refractivity contribution is -0.0109. The Kier molecular flexibility index (Phi) is 4.97. The lowest BCUT2D eigenvalue weighted by Crippen LogP contribution is -2.62. The first-order chi connectivity index (χ1) is 11.4. The van der Waals surface area contributed by atoms with E-state index in [1.807, 2.05) is 34.6 Å². The number of hydrogen-bond acceptors (Lipinski definition) is 4. The van der Waals surface area contributed by atoms with E-state index < -0.39 is 11.1 Å². The van der Waals surface area contributed by atoms with Crippen LogP contribution in [0.3, 0.4) is 0 Å². The molecule has 0 bridgehead atoms. The van der Waals surface area contributed by atoms with Gasteiger partial charge in [0.2, 0.25) is 0 Å². The highest BCUT2D eigenvalue weighted by Crippen LogP contribution is 2.24. The van der Waals surface area contributed by atoms with Gasteiger partial charge >= 0.3 is 6.09 Å². The molecule has 2 heterocycles. The quantitative estimate of drug-likeness (QED) is 0.776. The van der Waals surface area contributed by atoms with Gasteiger partial charge in [0.05, 0.1) is 5.54 Å². The van der Waals surface area contributed by atoms with Crippen molar-refractivity contribution in [1.29, 1.82) is 0 Å². The largest absolute Gasteiger partial charge is 0.444 e. The van der Waals surface area contributed by atoms with Crippen LogP contribution in [0.25, 0.3) is 0 Å². The highest BCUT2D eigenvalue weighted by atomic mass is 16.6. The number of ether oxygens (including phenoxy) is 1. The molecule has 138 valence electrons. The van der Waals surface area contributed by atoms with Gasteiger partial charge in [0.15, 0.2) is 0 Å². The van der Waals surface area contributed by atoms with Crippen molar-refractivity contribution in [2.24, 2.45) is 7.05 Å². The Morgan fingerprint density at radius 3 is 2.36 bits per heavy atom. The maximum atomic E-state index is 12.8. The van der Waals surface area contributed by atoms with Gasteiger partial charge in [-0.25, -0.2) is 4.79 Å². The van der Waals surface area contributed by atoms with Crippen LogP contribution in [-0.2, 0) is 11.8 Å². The first-order valence-corrected chi connectivity index (χ1v) is 8.37. The summed E-state index contributed by atoms with van der Waals surface area (Å²) in [6, 6.07) is 2.98. The van der Waals surface area contributed by atoms with E-state index in [4.69, 9.17) is 4.74 Å². The summed E-state index contributed by atoms with van der Waals surface area (Å²) in [6.45, 7) is 10.4. The average molecular weight is 349 g/mol. The van der Waals surface area contributed by atoms with E-state index in [0.29, 0.717) is 25.2 Å². The van der Waals surface area contributed by atoms with Crippen molar-refractivity contribution in [3.8, 4) is 0 Å². The standard InChI is InChI=1S/C18H27N3O4/c1-17(2,3)25-16(24)20-9-10-21(18(4,5)12-20)15(23)13-7-8-19(6)14(22)11-13/h7-8,11H,9-10,12H2,1-6H3. The Balaban J connectivity index is 2.15. The molecule has 2 rings (SSSR count). The average Bonchev–Trinajstić information content (AvgIpc) is 2.46. The minimum atomic E-state index is -0.562. The first-order valence-electron chi connectivity index (χ1n) is 8.37. The van der Waals surface area contributed by atoms with Crippen molar-refractivity contribution in [3.05, 3.63) is 34.2 Å². The van der Waals surface area contributed by atoms with Crippen LogP contribution in [0.2, 0.25) is 0 Å². The molecule has 0 saturated carbocycles. The summed E-state index contributed by atoms with van der Waals surface area (Å²) in [5.41, 5.74) is -0.982. The van der Waals surface area contributed by atoms with Crippen LogP contribution < -0.4 is 5.56 Å². The maximum Gasteiger partial charge on any atom is 0.410 e. The Morgan fingerprint density at radius 2 is 1.84 bits per heavy atom. The van der Waals surface area contributed by atoms with Crippen molar-refractivity contribution in [3.63, 3.8) is 0 Å². The monoisotopic (exact) mass is 349 g/mol. The highest BCUT2D eigenvalue weighted by molar-refractivity contribution is 5.94. The van der Waals surface area contributed by atoms with Gasteiger partial charge < -0.3 is 19.1 Å². The number of rotatable bonds is 1. The van der Waals surface area contributed by atoms with Crippen molar-refractivity contribution in [2.45, 2.75) is 45.8 Å². The van der Waals surface area contributed by atoms with Crippen LogP contribution in [0, 0.1) is 0 Å². The van der Waals surface area contributed by atoms with Crippen LogP contribution >= 0.6 is 0 Å². The Morgan fingerprint density at radius 1 is 1.20 bits per heavy atom. The zero-order chi connectivity index (χ0) is 19.0. The second-order valence-electron chi connectivity index (χ2n) is 8.04. The van der Waals surface area contributed by atoms with Gasteiger partial charge in [-0.2, -0.15) is 0 Å². The van der Waals surface area contributed by atoms with Crippen molar-refractivity contribution < 1.29 is 14.3 Å². The summed E-state index contributed by atoms with van der Waals surface area (Å²) < 4.78 is 6.84. The van der Waals surface area contributed by atoms with E-state index in [-0.39, 0.29) is 17.6 Å². The lowest BCUT2D eigenvalue weighted by atomic mass is 9.97. The Hall–Kier alpha value is -2.31. The third kappa shape index (κ3) is 4.41. The number of carbonyl (C=O) groups is 2. The van der Waals surface area contributed by atoms with Gasteiger partial charge in [0.1, 0.15) is 5.60 Å². The van der Waals surface area contributed by atoms with Gasteiger partial charge in [0.25, 0.3) is 11.5 Å². The molecule has 7 heteroatoms. The van der Waals surface area contributed by atoms with E-state index in [9.17, 15) is 14.4 Å². The predicted octanol–water partition coefficient (Wildman–Crippen LogP) is 1.86. The molecular formula is C18H27N3O4. The normalized spacial score (nSPS) is 17.4. The number of amides is 2. The van der Waals surface area contributed by atoms with Gasteiger partial charge in [-0.1, -0.05) is 0 Å². The second kappa shape index (κ2) is 6.54. The third-order valence-electron chi connectivity index (χ3n) is 4.15. The third-order valence-corrected chi connectivity index (χ3v) is 4.15. The summed E-state index contributed by atoms with van der Waals surface area (Å²) >= 11 is 0. The number of carbonyl (C=O) groups excluding carboxylic acids is 2. The summed E-state index contributed by atoms with van der Waals surface area (Å²) in [5.74, 6) is -0.202. The minimum absolute atomic E-state index is 0.202. The van der Waals surface area contributed by atoms with Crippen LogP contribution in [0.4, 0.5) is 4.79 Å². The summed E-state index contributed by atoms with van der Waals surface area (Å²) in [5, 5.41) is 0. The molecule has 1 saturated heterocycles. The fourth-order valence-electron chi connectivity index (χ4n) is 2.85. The van der Waals surface area contributed by atoms with Gasteiger partial charge in [0, 0.05) is 44.5 Å². The smallest absolute Gasteiger partial charge is 0.410 e. The number of piperazine rings is 1. The van der Waals surface area contributed by atoms with Crippen LogP contribution in [0.1, 0.15) is 45.0 Å². The molecule has 0 spiro atoms. The fraction of sp³-hybridized carbons (Fsp3) is 0.611. The molecule has 2 amide bonds. The summed E-state index contributed by atoms with van der Waals surface area (Å²) in [7, 11) is 1.64. The second-order valence-corrected chi connectivity index (χ2v) is 8.04. The topological polar surface area (TPSA) is 71.8 Å². The molecule has 0 unspecified atom stereocenters. The van der Waals surface area contributed by atoms with Gasteiger partial charge in [-0.15, -0.1) is 0 Å². The molecular weight excluding hydrogens is 322 g/mol. The number of aromatic nitrogens is 1. The summed E-state index contributed by atoms with van der Waals surface area (Å²) in [4.78, 5) is 40.2. The zero-order valence-electron chi connectivity index (χ0n) is 15.8. The Bertz CT molecular complexity index is 731. The Labute approximate surface area is 148 Å². The molecule has 0 N–H and O–H groups in total. The molecule has 0 aromatic carbocycles. The number of pyridine rings is 1. The zero-order valence-corrected chi connectivity index (χ0v) is 15.8. The van der Waals surface area contributed by atoms with E-state index in [0.717, 1.165) is 0 Å². The number of hydrogen-bond donors (Lipinski definition) is 0. The van der Waals surface area contributed by atoms with E-state index >= 15 is 0 Å². The van der Waals surface area contributed by atoms with Crippen molar-refractivity contribution in [1.82, 2.24) is 14.4 Å². The van der Waals surface area contributed by atoms with Gasteiger partial charge in [-0.3, -0.25) is 9.59 Å². The molecule has 0 atom stereocenters. The van der Waals surface area contributed by atoms with Crippen LogP contribution in [0.5, 0.6) is 0 Å². The molecule has 0 aliphatic carbocycles. The molecule has 25 heavy (non-hydrogen) atoms. The molecule has 0 radical (unpaired) electrons. The predicted molar refractivity (Wildman–Crippen MR) is 94.6 cm³/mol. The van der Waals surface area contributed by atoms with Crippen molar-refractivity contribution in [2.75, 3.05) is 19.6 Å². The van der Waals surface area contributed by atoms with Crippen molar-refractivity contribution >= 4 is 12.0 Å². The SMILES string of the molecule is Cn1ccc(C(=O)N2CCN(C(=O)OC(C)(C)C)CC2(C)C)cc1=O. The molecule has 1 aromatic heterocycles. The van der Waals surface area contributed by atoms with E-state index in [1.165, 1.54) is 10.6 Å². The molecule has 1 aliphatic rings. The molecule has 1 aliphatic heterocycles. The van der Waals surface area contributed by atoms with E-state index in [1.54, 1.807) is 29.1 Å². The maximum absolute atomic E-state index is 12.8. The van der Waals surface area contributed by atoms with Crippen LogP contribution in [0.15, 0.2) is 23.1 Å². The molecule has 1 fully saturated rings.